The molecule has 0 aromatic carbocycles. The Morgan fingerprint density at radius 1 is 1.34 bits per heavy atom. The van der Waals surface area contributed by atoms with Gasteiger partial charge in [0.2, 0.25) is 10.0 Å². The molecule has 0 spiro atoms. The van der Waals surface area contributed by atoms with Crippen LogP contribution in [-0.2, 0) is 21.4 Å². The van der Waals surface area contributed by atoms with Gasteiger partial charge in [0.15, 0.2) is 5.82 Å². The van der Waals surface area contributed by atoms with Crippen molar-refractivity contribution in [1.29, 1.82) is 0 Å². The summed E-state index contributed by atoms with van der Waals surface area (Å²) in [5.41, 5.74) is 0.449. The van der Waals surface area contributed by atoms with Gasteiger partial charge in [0, 0.05) is 11.8 Å². The second-order valence-electron chi connectivity index (χ2n) is 7.16. The largest absolute Gasteiger partial charge is 0.481 e. The van der Waals surface area contributed by atoms with E-state index in [1.807, 2.05) is 6.08 Å². The van der Waals surface area contributed by atoms with Crippen LogP contribution in [0.25, 0.3) is 5.57 Å². The molecule has 1 aliphatic carbocycles. The van der Waals surface area contributed by atoms with Crippen LogP contribution in [0.15, 0.2) is 27.9 Å². The van der Waals surface area contributed by atoms with Crippen LogP contribution in [0, 0.1) is 5.92 Å². The molecule has 0 unspecified atom stereocenters. The van der Waals surface area contributed by atoms with E-state index < -0.39 is 16.0 Å². The number of nitrogens with one attached hydrogen (secondary N) is 2. The second kappa shape index (κ2) is 9.79. The van der Waals surface area contributed by atoms with Crippen LogP contribution < -0.4 is 4.72 Å². The number of carboxylic acid groups (broad SMARTS) is 1. The average molecular weight is 423 g/mol. The van der Waals surface area contributed by atoms with E-state index in [2.05, 4.69) is 25.1 Å². The number of aromatic nitrogens is 4. The lowest BCUT2D eigenvalue weighted by molar-refractivity contribution is -0.135. The van der Waals surface area contributed by atoms with Gasteiger partial charge in [-0.3, -0.25) is 9.89 Å². The Labute approximate surface area is 168 Å². The molecule has 2 aromatic rings. The number of carboxylic acids is 1. The van der Waals surface area contributed by atoms with Crippen molar-refractivity contribution in [2.75, 3.05) is 0 Å². The van der Waals surface area contributed by atoms with Crippen molar-refractivity contribution in [3.63, 3.8) is 0 Å². The number of sulfonamides is 1. The van der Waals surface area contributed by atoms with E-state index in [-0.39, 0.29) is 29.6 Å². The summed E-state index contributed by atoms with van der Waals surface area (Å²) in [7, 11) is -3.75. The zero-order chi connectivity index (χ0) is 20.7. The van der Waals surface area contributed by atoms with Crippen molar-refractivity contribution in [2.24, 2.45) is 5.92 Å². The van der Waals surface area contributed by atoms with Gasteiger partial charge < -0.3 is 9.63 Å². The van der Waals surface area contributed by atoms with Gasteiger partial charge in [0.1, 0.15) is 4.90 Å². The molecule has 10 nitrogen and oxygen atoms in total. The van der Waals surface area contributed by atoms with E-state index in [1.54, 1.807) is 0 Å². The van der Waals surface area contributed by atoms with Crippen LogP contribution in [-0.4, -0.2) is 39.8 Å². The number of hydrogen-bond acceptors (Lipinski definition) is 7. The molecule has 0 bridgehead atoms. The van der Waals surface area contributed by atoms with Crippen LogP contribution in [0.1, 0.15) is 63.1 Å². The topological polar surface area (TPSA) is 151 Å². The summed E-state index contributed by atoms with van der Waals surface area (Å²) in [5.74, 6) is -0.0832. The summed E-state index contributed by atoms with van der Waals surface area (Å²) in [4.78, 5) is 15.4. The predicted octanol–water partition coefficient (Wildman–Crippen LogP) is 2.49. The Bertz CT molecular complexity index is 930. The molecule has 0 aliphatic heterocycles. The van der Waals surface area contributed by atoms with E-state index in [0.717, 1.165) is 12.8 Å². The molecular formula is C18H25N5O5S. The van der Waals surface area contributed by atoms with Crippen LogP contribution in [0.4, 0.5) is 0 Å². The molecule has 0 amide bonds. The predicted molar refractivity (Wildman–Crippen MR) is 103 cm³/mol. The van der Waals surface area contributed by atoms with E-state index in [0.29, 0.717) is 11.5 Å². The zero-order valence-corrected chi connectivity index (χ0v) is 16.8. The summed E-state index contributed by atoms with van der Waals surface area (Å²) in [6, 6.07) is 0. The minimum absolute atomic E-state index is 0.00427. The molecule has 2 aromatic heterocycles. The first-order valence-corrected chi connectivity index (χ1v) is 11.1. The maximum absolute atomic E-state index is 12.1. The maximum atomic E-state index is 12.1. The number of H-pyrrole nitrogens is 1. The van der Waals surface area contributed by atoms with Gasteiger partial charge in [0.25, 0.3) is 5.89 Å². The van der Waals surface area contributed by atoms with Gasteiger partial charge in [-0.15, -0.1) is 0 Å². The fraction of sp³-hybridized carbons (Fsp3) is 0.556. The molecule has 1 aliphatic rings. The molecule has 158 valence electrons. The van der Waals surface area contributed by atoms with Crippen molar-refractivity contribution in [1.82, 2.24) is 25.1 Å². The highest BCUT2D eigenvalue weighted by molar-refractivity contribution is 7.89. The third kappa shape index (κ3) is 6.23. The highest BCUT2D eigenvalue weighted by atomic mass is 32.2. The fourth-order valence-electron chi connectivity index (χ4n) is 3.45. The molecule has 3 N–H and O–H groups in total. The van der Waals surface area contributed by atoms with Crippen molar-refractivity contribution in [2.45, 2.75) is 62.8 Å². The monoisotopic (exact) mass is 423 g/mol. The Morgan fingerprint density at radius 3 is 2.83 bits per heavy atom. The molecule has 0 radical (unpaired) electrons. The first-order chi connectivity index (χ1) is 13.9. The minimum atomic E-state index is -3.75. The van der Waals surface area contributed by atoms with Gasteiger partial charge in [-0.05, 0) is 18.8 Å². The Hall–Kier alpha value is -2.53. The van der Waals surface area contributed by atoms with E-state index in [1.165, 1.54) is 44.5 Å². The number of hydrogen-bond donors (Lipinski definition) is 3. The lowest BCUT2D eigenvalue weighted by Crippen LogP contribution is -2.23. The molecule has 0 atom stereocenters. The number of aromatic amines is 1. The molecule has 11 heteroatoms. The molecule has 2 heterocycles. The summed E-state index contributed by atoms with van der Waals surface area (Å²) in [5, 5.41) is 19.0. The summed E-state index contributed by atoms with van der Waals surface area (Å²) in [6.45, 7) is -0.181. The van der Waals surface area contributed by atoms with Gasteiger partial charge in [0.05, 0.1) is 19.2 Å². The fourth-order valence-corrected chi connectivity index (χ4v) is 4.34. The summed E-state index contributed by atoms with van der Waals surface area (Å²) >= 11 is 0. The lowest BCUT2D eigenvalue weighted by atomic mass is 9.86. The first kappa shape index (κ1) is 21.2. The Balaban J connectivity index is 1.62. The van der Waals surface area contributed by atoms with Crippen molar-refractivity contribution in [3.05, 3.63) is 30.2 Å². The maximum Gasteiger partial charge on any atom is 0.308 e. The number of nitrogens with zero attached hydrogens (tertiary/aromatic N) is 3. The molecule has 29 heavy (non-hydrogen) atoms. The minimum Gasteiger partial charge on any atom is -0.481 e. The highest BCUT2D eigenvalue weighted by Crippen LogP contribution is 2.28. The standard InChI is InChI=1S/C18H25N5O5S/c24-17(25)9-14(8-4-7-13-5-2-1-3-6-13)18-22-16(23-28-18)12-21-29(26,27)15-10-19-20-11-15/h8,10-11,13,21H,1-7,9,12H2,(H,19,20)(H,24,25)/b14-8-. The van der Waals surface area contributed by atoms with Crippen molar-refractivity contribution >= 4 is 21.6 Å². The normalized spacial score (nSPS) is 16.2. The van der Waals surface area contributed by atoms with Crippen LogP contribution in [0.5, 0.6) is 0 Å². The van der Waals surface area contributed by atoms with Crippen molar-refractivity contribution in [3.8, 4) is 0 Å². The average Bonchev–Trinajstić information content (AvgIpc) is 3.39. The van der Waals surface area contributed by atoms with Gasteiger partial charge in [-0.25, -0.2) is 13.1 Å². The number of carbonyl (C=O) groups is 1. The number of rotatable bonds is 10. The van der Waals surface area contributed by atoms with Gasteiger partial charge in [-0.1, -0.05) is 43.3 Å². The lowest BCUT2D eigenvalue weighted by Gasteiger charge is -2.20. The van der Waals surface area contributed by atoms with E-state index in [9.17, 15) is 18.3 Å². The Morgan fingerprint density at radius 2 is 2.14 bits per heavy atom. The molecule has 1 fully saturated rings. The first-order valence-electron chi connectivity index (χ1n) is 9.66. The van der Waals surface area contributed by atoms with E-state index >= 15 is 0 Å². The Kier molecular flexibility index (Phi) is 7.15. The van der Waals surface area contributed by atoms with Gasteiger partial charge in [-0.2, -0.15) is 10.1 Å². The second-order valence-corrected chi connectivity index (χ2v) is 8.92. The van der Waals surface area contributed by atoms with Gasteiger partial charge >= 0.3 is 5.97 Å². The number of allylic oxidation sites excluding steroid dienone is 1. The highest BCUT2D eigenvalue weighted by Gasteiger charge is 2.19. The third-order valence-corrected chi connectivity index (χ3v) is 6.35. The molecule has 3 rings (SSSR count). The molecule has 0 saturated heterocycles. The smallest absolute Gasteiger partial charge is 0.308 e. The van der Waals surface area contributed by atoms with Crippen LogP contribution >= 0.6 is 0 Å². The van der Waals surface area contributed by atoms with Crippen LogP contribution in [0.3, 0.4) is 0 Å². The summed E-state index contributed by atoms with van der Waals surface area (Å²) < 4.78 is 31.7. The molecular weight excluding hydrogens is 398 g/mol. The third-order valence-electron chi connectivity index (χ3n) is 4.98. The van der Waals surface area contributed by atoms with Crippen LogP contribution in [0.2, 0.25) is 0 Å². The SMILES string of the molecule is O=C(O)C/C(=C/CCC1CCCCC1)c1nc(CNS(=O)(=O)c2cn[nH]c2)no1. The number of aliphatic carboxylic acids is 1. The van der Waals surface area contributed by atoms with Crippen molar-refractivity contribution < 1.29 is 22.8 Å². The zero-order valence-electron chi connectivity index (χ0n) is 16.0. The molecule has 1 saturated carbocycles. The summed E-state index contributed by atoms with van der Waals surface area (Å²) in [6.07, 6.45) is 12.1. The van der Waals surface area contributed by atoms with E-state index in [4.69, 9.17) is 4.52 Å². The quantitative estimate of drug-likeness (QED) is 0.527.